The first kappa shape index (κ1) is 14.2. The predicted octanol–water partition coefficient (Wildman–Crippen LogP) is 4.73. The molecule has 0 saturated carbocycles. The molecule has 0 bridgehead atoms. The van der Waals surface area contributed by atoms with Crippen LogP contribution in [0.4, 0.5) is 17.1 Å². The third-order valence-electron chi connectivity index (χ3n) is 4.25. The van der Waals surface area contributed by atoms with Gasteiger partial charge in [0, 0.05) is 21.8 Å². The van der Waals surface area contributed by atoms with Gasteiger partial charge < -0.3 is 21.3 Å². The molecule has 0 heterocycles. The monoisotopic (exact) mass is 316 g/mol. The van der Waals surface area contributed by atoms with Crippen LogP contribution in [-0.4, -0.2) is 10.2 Å². The van der Waals surface area contributed by atoms with Gasteiger partial charge in [0.2, 0.25) is 0 Å². The Balaban J connectivity index is 1.86. The molecule has 0 aliphatic heterocycles. The summed E-state index contributed by atoms with van der Waals surface area (Å²) in [6.45, 7) is 0. The molecule has 0 amide bonds. The summed E-state index contributed by atoms with van der Waals surface area (Å²) in [4.78, 5) is 0. The number of phenols is 2. The normalized spacial score (nSPS) is 11.0. The lowest BCUT2D eigenvalue weighted by Gasteiger charge is -2.14. The number of hydrogen-bond donors (Lipinski definition) is 4. The number of fused-ring (bicyclic) bond motifs is 2. The van der Waals surface area contributed by atoms with Crippen molar-refractivity contribution in [3.05, 3.63) is 66.7 Å². The molecule has 24 heavy (non-hydrogen) atoms. The molecular formula is C20H16N2O2. The third-order valence-corrected chi connectivity index (χ3v) is 4.25. The number of nitrogen functional groups attached to an aromatic ring is 1. The summed E-state index contributed by atoms with van der Waals surface area (Å²) >= 11 is 0. The second-order valence-electron chi connectivity index (χ2n) is 5.71. The van der Waals surface area contributed by atoms with Gasteiger partial charge in [-0.3, -0.25) is 0 Å². The van der Waals surface area contributed by atoms with Gasteiger partial charge in [-0.05, 0) is 29.7 Å². The van der Waals surface area contributed by atoms with Crippen LogP contribution < -0.4 is 11.1 Å². The van der Waals surface area contributed by atoms with Crippen LogP contribution in [0, 0.1) is 0 Å². The summed E-state index contributed by atoms with van der Waals surface area (Å²) in [5.41, 5.74) is 7.73. The molecule has 0 saturated heterocycles. The molecular weight excluding hydrogens is 300 g/mol. The molecule has 0 aliphatic rings. The largest absolute Gasteiger partial charge is 0.506 e. The van der Waals surface area contributed by atoms with Gasteiger partial charge in [-0.15, -0.1) is 0 Å². The molecule has 4 aromatic rings. The summed E-state index contributed by atoms with van der Waals surface area (Å²) in [6.07, 6.45) is 0. The van der Waals surface area contributed by atoms with Crippen molar-refractivity contribution < 1.29 is 10.2 Å². The van der Waals surface area contributed by atoms with E-state index in [0.717, 1.165) is 27.2 Å². The number of rotatable bonds is 2. The Morgan fingerprint density at radius 2 is 1.46 bits per heavy atom. The minimum absolute atomic E-state index is 0.0632. The Kier molecular flexibility index (Phi) is 3.17. The van der Waals surface area contributed by atoms with E-state index in [2.05, 4.69) is 5.32 Å². The van der Waals surface area contributed by atoms with Crippen LogP contribution in [0.1, 0.15) is 0 Å². The second-order valence-corrected chi connectivity index (χ2v) is 5.71. The topological polar surface area (TPSA) is 78.5 Å². The summed E-state index contributed by atoms with van der Waals surface area (Å²) in [5.74, 6) is 0.269. The van der Waals surface area contributed by atoms with Crippen LogP contribution >= 0.6 is 0 Å². The molecule has 118 valence electrons. The summed E-state index contributed by atoms with van der Waals surface area (Å²) in [6, 6.07) is 20.5. The minimum Gasteiger partial charge on any atom is -0.506 e. The fourth-order valence-corrected chi connectivity index (χ4v) is 2.98. The van der Waals surface area contributed by atoms with Crippen LogP contribution in [-0.2, 0) is 0 Å². The standard InChI is InChI=1S/C20H16N2O2/c21-19-15-6-3-7-16(14(15)9-11-18(19)23)22-17-10-8-12-4-1-2-5-13(12)20(17)24/h1-11,22-24H,21H2. The Labute approximate surface area is 138 Å². The van der Waals surface area contributed by atoms with E-state index < -0.39 is 0 Å². The smallest absolute Gasteiger partial charge is 0.146 e. The van der Waals surface area contributed by atoms with Gasteiger partial charge in [-0.2, -0.15) is 0 Å². The van der Waals surface area contributed by atoms with Crippen LogP contribution in [0.3, 0.4) is 0 Å². The molecule has 4 rings (SSSR count). The van der Waals surface area contributed by atoms with E-state index in [4.69, 9.17) is 5.73 Å². The molecule has 4 aromatic carbocycles. The van der Waals surface area contributed by atoms with Gasteiger partial charge in [0.15, 0.2) is 0 Å². The van der Waals surface area contributed by atoms with E-state index in [1.54, 1.807) is 12.1 Å². The van der Waals surface area contributed by atoms with Crippen molar-refractivity contribution in [3.63, 3.8) is 0 Å². The van der Waals surface area contributed by atoms with Gasteiger partial charge in [0.1, 0.15) is 11.5 Å². The van der Waals surface area contributed by atoms with Gasteiger partial charge in [0.25, 0.3) is 0 Å². The van der Waals surface area contributed by atoms with Crippen molar-refractivity contribution >= 4 is 38.6 Å². The fraction of sp³-hybridized carbons (Fsp3) is 0. The van der Waals surface area contributed by atoms with E-state index in [1.807, 2.05) is 54.6 Å². The minimum atomic E-state index is 0.0632. The van der Waals surface area contributed by atoms with E-state index >= 15 is 0 Å². The molecule has 5 N–H and O–H groups in total. The molecule has 0 radical (unpaired) electrons. The summed E-state index contributed by atoms with van der Waals surface area (Å²) in [5, 5.41) is 27.0. The Morgan fingerprint density at radius 1 is 0.667 bits per heavy atom. The van der Waals surface area contributed by atoms with Gasteiger partial charge >= 0.3 is 0 Å². The lowest BCUT2D eigenvalue weighted by atomic mass is 10.1. The first-order valence-electron chi connectivity index (χ1n) is 7.63. The highest BCUT2D eigenvalue weighted by Gasteiger charge is 2.10. The zero-order valence-electron chi connectivity index (χ0n) is 12.8. The van der Waals surface area contributed by atoms with E-state index in [-0.39, 0.29) is 11.5 Å². The summed E-state index contributed by atoms with van der Waals surface area (Å²) < 4.78 is 0. The van der Waals surface area contributed by atoms with Crippen LogP contribution in [0.25, 0.3) is 21.5 Å². The number of anilines is 3. The molecule has 0 fully saturated rings. The zero-order chi connectivity index (χ0) is 16.7. The average molecular weight is 316 g/mol. The molecule has 0 aromatic heterocycles. The maximum absolute atomic E-state index is 10.6. The maximum Gasteiger partial charge on any atom is 0.146 e. The van der Waals surface area contributed by atoms with Crippen LogP contribution in [0.5, 0.6) is 11.5 Å². The highest BCUT2D eigenvalue weighted by atomic mass is 16.3. The number of nitrogens with one attached hydrogen (secondary N) is 1. The molecule has 0 unspecified atom stereocenters. The van der Waals surface area contributed by atoms with Crippen LogP contribution in [0.2, 0.25) is 0 Å². The van der Waals surface area contributed by atoms with Gasteiger partial charge in [0.05, 0.1) is 11.4 Å². The van der Waals surface area contributed by atoms with Gasteiger partial charge in [-0.1, -0.05) is 42.5 Å². The van der Waals surface area contributed by atoms with Crippen molar-refractivity contribution in [2.24, 2.45) is 0 Å². The highest BCUT2D eigenvalue weighted by molar-refractivity contribution is 6.04. The number of aromatic hydroxyl groups is 2. The average Bonchev–Trinajstić information content (AvgIpc) is 2.61. The Bertz CT molecular complexity index is 1070. The first-order valence-corrected chi connectivity index (χ1v) is 7.63. The van der Waals surface area contributed by atoms with E-state index in [9.17, 15) is 10.2 Å². The van der Waals surface area contributed by atoms with Crippen molar-refractivity contribution in [2.75, 3.05) is 11.1 Å². The predicted molar refractivity (Wildman–Crippen MR) is 98.9 cm³/mol. The number of phenolic OH excluding ortho intramolecular Hbond substituents is 2. The third kappa shape index (κ3) is 2.16. The maximum atomic E-state index is 10.6. The number of hydrogen-bond acceptors (Lipinski definition) is 4. The quantitative estimate of drug-likeness (QED) is 0.318. The first-order chi connectivity index (χ1) is 11.6. The van der Waals surface area contributed by atoms with Crippen molar-refractivity contribution in [1.29, 1.82) is 0 Å². The Morgan fingerprint density at radius 3 is 2.33 bits per heavy atom. The summed E-state index contributed by atoms with van der Waals surface area (Å²) in [7, 11) is 0. The molecule has 0 spiro atoms. The molecule has 4 heteroatoms. The molecule has 0 atom stereocenters. The number of nitrogens with two attached hydrogens (primary N) is 1. The van der Waals surface area contributed by atoms with Gasteiger partial charge in [-0.25, -0.2) is 0 Å². The lowest BCUT2D eigenvalue weighted by Crippen LogP contribution is -1.94. The molecule has 0 aliphatic carbocycles. The van der Waals surface area contributed by atoms with Crippen LogP contribution in [0.15, 0.2) is 66.7 Å². The highest BCUT2D eigenvalue weighted by Crippen LogP contribution is 2.38. The van der Waals surface area contributed by atoms with Crippen molar-refractivity contribution in [1.82, 2.24) is 0 Å². The SMILES string of the molecule is Nc1c(O)ccc2c(Nc3ccc4ccccc4c3O)cccc12. The second kappa shape index (κ2) is 5.35. The van der Waals surface area contributed by atoms with E-state index in [0.29, 0.717) is 11.4 Å². The fourth-order valence-electron chi connectivity index (χ4n) is 2.98. The number of benzene rings is 4. The van der Waals surface area contributed by atoms with E-state index in [1.165, 1.54) is 0 Å². The van der Waals surface area contributed by atoms with Crippen molar-refractivity contribution in [3.8, 4) is 11.5 Å². The Hall–Kier alpha value is -3.40. The zero-order valence-corrected chi connectivity index (χ0v) is 12.8. The van der Waals surface area contributed by atoms with Crippen molar-refractivity contribution in [2.45, 2.75) is 0 Å². The molecule has 4 nitrogen and oxygen atoms in total. The lowest BCUT2D eigenvalue weighted by molar-refractivity contribution is 0.478.